The van der Waals surface area contributed by atoms with Gasteiger partial charge in [-0.25, -0.2) is 4.98 Å². The molecule has 1 aromatic heterocycles. The Morgan fingerprint density at radius 3 is 2.50 bits per heavy atom. The van der Waals surface area contributed by atoms with Crippen LogP contribution in [0.25, 0.3) is 11.3 Å². The highest BCUT2D eigenvalue weighted by Crippen LogP contribution is 2.33. The Hall–Kier alpha value is -2.83. The molecule has 0 saturated heterocycles. The average Bonchev–Trinajstić information content (AvgIpc) is 2.66. The van der Waals surface area contributed by atoms with Gasteiger partial charge in [0, 0.05) is 23.7 Å². The first-order valence-electron chi connectivity index (χ1n) is 8.57. The number of hydrogen-bond acceptors (Lipinski definition) is 5. The van der Waals surface area contributed by atoms with E-state index in [9.17, 15) is 4.79 Å². The number of primary amides is 1. The van der Waals surface area contributed by atoms with Gasteiger partial charge in [-0.3, -0.25) is 4.79 Å². The smallest absolute Gasteiger partial charge is 0.248 e. The maximum absolute atomic E-state index is 11.1. The number of hydrogen-bond donors (Lipinski definition) is 3. The number of nitrogens with one attached hydrogen (secondary N) is 1. The minimum absolute atomic E-state index is 0.163. The summed E-state index contributed by atoms with van der Waals surface area (Å²) in [5.41, 5.74) is 15.0. The van der Waals surface area contributed by atoms with Crippen LogP contribution in [-0.2, 0) is 6.42 Å². The number of amides is 1. The van der Waals surface area contributed by atoms with Crippen LogP contribution >= 0.6 is 23.2 Å². The lowest BCUT2D eigenvalue weighted by atomic mass is 10.1. The van der Waals surface area contributed by atoms with Crippen molar-refractivity contribution in [2.45, 2.75) is 13.3 Å². The summed E-state index contributed by atoms with van der Waals surface area (Å²) in [5, 5.41) is 4.23. The van der Waals surface area contributed by atoms with Crippen LogP contribution in [0.5, 0.6) is 0 Å². The minimum atomic E-state index is -0.439. The van der Waals surface area contributed by atoms with Crippen molar-refractivity contribution in [3.63, 3.8) is 0 Å². The Bertz CT molecular complexity index is 1020. The molecule has 0 radical (unpaired) electrons. The second-order valence-electron chi connectivity index (χ2n) is 6.27. The van der Waals surface area contributed by atoms with Gasteiger partial charge >= 0.3 is 0 Å². The molecule has 5 N–H and O–H groups in total. The fraction of sp³-hybridized carbons (Fsp3) is 0.150. The van der Waals surface area contributed by atoms with Gasteiger partial charge in [-0.2, -0.15) is 4.98 Å². The number of rotatable bonds is 6. The minimum Gasteiger partial charge on any atom is -0.370 e. The molecule has 28 heavy (non-hydrogen) atoms. The molecule has 144 valence electrons. The molecule has 0 fully saturated rings. The van der Waals surface area contributed by atoms with E-state index in [2.05, 4.69) is 15.3 Å². The van der Waals surface area contributed by atoms with Crippen LogP contribution in [0.3, 0.4) is 0 Å². The molecule has 1 amide bonds. The SMILES string of the molecule is Cc1c(-c2cc(NCCc3ccc(C(N)=O)cc3)nc(N)n2)ccc(Cl)c1Cl. The Morgan fingerprint density at radius 2 is 1.82 bits per heavy atom. The lowest BCUT2D eigenvalue weighted by Gasteiger charge is -2.11. The standard InChI is InChI=1S/C20H19Cl2N5O/c1-11-14(6-7-15(21)18(11)22)16-10-17(27-20(24)26-16)25-9-8-12-2-4-13(5-3-12)19(23)28/h2-7,10H,8-9H2,1H3,(H2,23,28)(H3,24,25,26,27). The van der Waals surface area contributed by atoms with E-state index in [4.69, 9.17) is 34.7 Å². The Kier molecular flexibility index (Phi) is 6.02. The molecule has 0 unspecified atom stereocenters. The summed E-state index contributed by atoms with van der Waals surface area (Å²) < 4.78 is 0. The van der Waals surface area contributed by atoms with E-state index in [1.807, 2.05) is 31.2 Å². The van der Waals surface area contributed by atoms with E-state index in [0.717, 1.165) is 23.1 Å². The molecule has 1 heterocycles. The van der Waals surface area contributed by atoms with Crippen molar-refractivity contribution in [1.82, 2.24) is 9.97 Å². The first kappa shape index (κ1) is 19.9. The van der Waals surface area contributed by atoms with E-state index in [1.165, 1.54) is 0 Å². The van der Waals surface area contributed by atoms with Crippen molar-refractivity contribution in [3.05, 3.63) is 69.2 Å². The molecule has 0 aliphatic heterocycles. The van der Waals surface area contributed by atoms with Crippen molar-refractivity contribution in [3.8, 4) is 11.3 Å². The molecule has 3 aromatic rings. The molecule has 0 atom stereocenters. The second-order valence-corrected chi connectivity index (χ2v) is 7.05. The van der Waals surface area contributed by atoms with Crippen LogP contribution in [0.1, 0.15) is 21.5 Å². The zero-order valence-corrected chi connectivity index (χ0v) is 16.7. The summed E-state index contributed by atoms with van der Waals surface area (Å²) in [6.45, 7) is 2.51. The molecular formula is C20H19Cl2N5O. The third kappa shape index (κ3) is 4.52. The zero-order valence-electron chi connectivity index (χ0n) is 15.2. The number of halogens is 2. The summed E-state index contributed by atoms with van der Waals surface area (Å²) in [5.74, 6) is 0.337. The number of nitrogens with zero attached hydrogens (tertiary/aromatic N) is 2. The van der Waals surface area contributed by atoms with Crippen molar-refractivity contribution < 1.29 is 4.79 Å². The van der Waals surface area contributed by atoms with Crippen molar-refractivity contribution in [1.29, 1.82) is 0 Å². The predicted octanol–water partition coefficient (Wildman–Crippen LogP) is 4.09. The van der Waals surface area contributed by atoms with Gasteiger partial charge in [0.05, 0.1) is 15.7 Å². The molecule has 3 rings (SSSR count). The average molecular weight is 416 g/mol. The van der Waals surface area contributed by atoms with Crippen LogP contribution in [0.15, 0.2) is 42.5 Å². The number of carbonyl (C=O) groups excluding carboxylic acids is 1. The van der Waals surface area contributed by atoms with Gasteiger partial charge in [0.15, 0.2) is 0 Å². The molecule has 8 heteroatoms. The normalized spacial score (nSPS) is 10.7. The van der Waals surface area contributed by atoms with Crippen molar-refractivity contribution in [2.75, 3.05) is 17.6 Å². The fourth-order valence-corrected chi connectivity index (χ4v) is 3.16. The number of benzene rings is 2. The van der Waals surface area contributed by atoms with Crippen LogP contribution in [0.2, 0.25) is 10.0 Å². The summed E-state index contributed by atoms with van der Waals surface area (Å²) in [6, 6.07) is 12.6. The lowest BCUT2D eigenvalue weighted by Crippen LogP contribution is -2.11. The van der Waals surface area contributed by atoms with Crippen LogP contribution in [0, 0.1) is 6.92 Å². The number of anilines is 2. The number of carbonyl (C=O) groups is 1. The third-order valence-electron chi connectivity index (χ3n) is 4.32. The van der Waals surface area contributed by atoms with Crippen molar-refractivity contribution >= 4 is 40.9 Å². The number of aromatic nitrogens is 2. The lowest BCUT2D eigenvalue weighted by molar-refractivity contribution is 0.100. The Morgan fingerprint density at radius 1 is 1.11 bits per heavy atom. The van der Waals surface area contributed by atoms with E-state index in [-0.39, 0.29) is 5.95 Å². The van der Waals surface area contributed by atoms with Gasteiger partial charge in [-0.05, 0) is 42.7 Å². The Labute approximate surface area is 172 Å². The van der Waals surface area contributed by atoms with Crippen LogP contribution in [-0.4, -0.2) is 22.4 Å². The second kappa shape index (κ2) is 8.46. The highest BCUT2D eigenvalue weighted by atomic mass is 35.5. The summed E-state index contributed by atoms with van der Waals surface area (Å²) in [7, 11) is 0. The highest BCUT2D eigenvalue weighted by Gasteiger charge is 2.12. The van der Waals surface area contributed by atoms with Gasteiger partial charge in [0.1, 0.15) is 5.82 Å². The maximum atomic E-state index is 11.1. The van der Waals surface area contributed by atoms with Crippen molar-refractivity contribution in [2.24, 2.45) is 5.73 Å². The van der Waals surface area contributed by atoms with E-state index < -0.39 is 5.91 Å². The Balaban J connectivity index is 1.73. The topological polar surface area (TPSA) is 107 Å². The molecule has 0 saturated carbocycles. The quantitative estimate of drug-likeness (QED) is 0.561. The third-order valence-corrected chi connectivity index (χ3v) is 5.22. The number of nitrogen functional groups attached to an aromatic ring is 1. The van der Waals surface area contributed by atoms with Gasteiger partial charge < -0.3 is 16.8 Å². The van der Waals surface area contributed by atoms with E-state index in [0.29, 0.717) is 33.7 Å². The highest BCUT2D eigenvalue weighted by molar-refractivity contribution is 6.42. The molecule has 2 aromatic carbocycles. The predicted molar refractivity (Wildman–Crippen MR) is 114 cm³/mol. The zero-order chi connectivity index (χ0) is 20.3. The fourth-order valence-electron chi connectivity index (χ4n) is 2.79. The molecular weight excluding hydrogens is 397 g/mol. The molecule has 6 nitrogen and oxygen atoms in total. The molecule has 0 spiro atoms. The van der Waals surface area contributed by atoms with Crippen LogP contribution in [0.4, 0.5) is 11.8 Å². The maximum Gasteiger partial charge on any atom is 0.248 e. The van der Waals surface area contributed by atoms with E-state index in [1.54, 1.807) is 18.2 Å². The van der Waals surface area contributed by atoms with Gasteiger partial charge in [-0.1, -0.05) is 41.4 Å². The summed E-state index contributed by atoms with van der Waals surface area (Å²) in [6.07, 6.45) is 0.740. The van der Waals surface area contributed by atoms with Crippen LogP contribution < -0.4 is 16.8 Å². The molecule has 0 aliphatic rings. The largest absolute Gasteiger partial charge is 0.370 e. The molecule has 0 aliphatic carbocycles. The molecule has 0 bridgehead atoms. The van der Waals surface area contributed by atoms with Gasteiger partial charge in [-0.15, -0.1) is 0 Å². The summed E-state index contributed by atoms with van der Waals surface area (Å²) >= 11 is 12.3. The van der Waals surface area contributed by atoms with Gasteiger partial charge in [0.25, 0.3) is 0 Å². The van der Waals surface area contributed by atoms with E-state index >= 15 is 0 Å². The monoisotopic (exact) mass is 415 g/mol. The summed E-state index contributed by atoms with van der Waals surface area (Å²) in [4.78, 5) is 19.7. The first-order valence-corrected chi connectivity index (χ1v) is 9.33. The number of nitrogens with two attached hydrogens (primary N) is 2. The first-order chi connectivity index (χ1) is 13.3. The van der Waals surface area contributed by atoms with Gasteiger partial charge in [0.2, 0.25) is 11.9 Å².